The first-order valence-electron chi connectivity index (χ1n) is 7.35. The molecule has 0 aliphatic carbocycles. The fraction of sp³-hybridized carbons (Fsp3) is 0.333. The van der Waals surface area contributed by atoms with E-state index in [1.165, 1.54) is 11.2 Å². The van der Waals surface area contributed by atoms with Gasteiger partial charge in [-0.05, 0) is 19.9 Å². The zero-order chi connectivity index (χ0) is 16.4. The van der Waals surface area contributed by atoms with Gasteiger partial charge in [0.2, 0.25) is 11.8 Å². The summed E-state index contributed by atoms with van der Waals surface area (Å²) in [5.74, 6) is -0.143. The second kappa shape index (κ2) is 6.15. The Balaban J connectivity index is 1.94. The van der Waals surface area contributed by atoms with Crippen molar-refractivity contribution in [2.45, 2.75) is 19.9 Å². The summed E-state index contributed by atoms with van der Waals surface area (Å²) in [6.07, 6.45) is 1.60. The normalized spacial score (nSPS) is 19.3. The summed E-state index contributed by atoms with van der Waals surface area (Å²) in [5.41, 5.74) is 3.57. The van der Waals surface area contributed by atoms with Crippen LogP contribution in [0.15, 0.2) is 35.3 Å². The summed E-state index contributed by atoms with van der Waals surface area (Å²) in [7, 11) is 0. The van der Waals surface area contributed by atoms with E-state index in [4.69, 9.17) is 9.47 Å². The Morgan fingerprint density at radius 1 is 1.30 bits per heavy atom. The molecule has 122 valence electrons. The summed E-state index contributed by atoms with van der Waals surface area (Å²) in [6.45, 7) is 4.53. The molecule has 0 bridgehead atoms. The monoisotopic (exact) mass is 320 g/mol. The highest BCUT2D eigenvalue weighted by Gasteiger charge is 2.38. The molecule has 7 nitrogen and oxygen atoms in total. The molecule has 8 heteroatoms. The number of nitrogens with one attached hydrogen (secondary N) is 2. The molecular formula is C15H17FN4O3. The Morgan fingerprint density at radius 2 is 2.09 bits per heavy atom. The van der Waals surface area contributed by atoms with E-state index < -0.39 is 11.9 Å². The summed E-state index contributed by atoms with van der Waals surface area (Å²) in [4.78, 5) is 12.3. The van der Waals surface area contributed by atoms with Gasteiger partial charge in [-0.2, -0.15) is 5.12 Å². The highest BCUT2D eigenvalue weighted by atomic mass is 19.1. The molecule has 2 N–H and O–H groups in total. The molecule has 2 heterocycles. The number of halogens is 1. The average molecular weight is 320 g/mol. The largest absolute Gasteiger partial charge is 0.478 e. The predicted octanol–water partition coefficient (Wildman–Crippen LogP) is 1.87. The average Bonchev–Trinajstić information content (AvgIpc) is 2.85. The number of carbonyl (C=O) groups is 1. The topological polar surface area (TPSA) is 75.2 Å². The van der Waals surface area contributed by atoms with Crippen LogP contribution >= 0.6 is 0 Å². The molecule has 2 aliphatic rings. The summed E-state index contributed by atoms with van der Waals surface area (Å²) in [6, 6.07) is 3.71. The van der Waals surface area contributed by atoms with Gasteiger partial charge in [0.1, 0.15) is 5.82 Å². The first-order chi connectivity index (χ1) is 11.1. The molecule has 1 unspecified atom stereocenters. The van der Waals surface area contributed by atoms with Crippen molar-refractivity contribution < 1.29 is 18.7 Å². The van der Waals surface area contributed by atoms with Gasteiger partial charge in [0, 0.05) is 5.56 Å². The van der Waals surface area contributed by atoms with Crippen LogP contribution in [0.2, 0.25) is 0 Å². The quantitative estimate of drug-likeness (QED) is 0.886. The van der Waals surface area contributed by atoms with E-state index in [1.807, 2.05) is 13.8 Å². The zero-order valence-electron chi connectivity index (χ0n) is 12.8. The van der Waals surface area contributed by atoms with Crippen molar-refractivity contribution in [1.82, 2.24) is 10.5 Å². The number of hydrazine groups is 1. The predicted molar refractivity (Wildman–Crippen MR) is 81.5 cm³/mol. The van der Waals surface area contributed by atoms with Crippen LogP contribution in [0, 0.1) is 5.82 Å². The highest BCUT2D eigenvalue weighted by Crippen LogP contribution is 2.36. The van der Waals surface area contributed by atoms with Gasteiger partial charge < -0.3 is 14.8 Å². The highest BCUT2D eigenvalue weighted by molar-refractivity contribution is 6.02. The zero-order valence-corrected chi connectivity index (χ0v) is 12.8. The van der Waals surface area contributed by atoms with E-state index in [-0.39, 0.29) is 11.6 Å². The minimum atomic E-state index is -0.819. The van der Waals surface area contributed by atoms with Gasteiger partial charge in [0.05, 0.1) is 25.0 Å². The number of fused-ring (bicyclic) bond motifs is 1. The molecule has 0 aromatic heterocycles. The fourth-order valence-corrected chi connectivity index (χ4v) is 2.46. The van der Waals surface area contributed by atoms with Crippen molar-refractivity contribution >= 4 is 17.5 Å². The Hall–Kier alpha value is -2.77. The van der Waals surface area contributed by atoms with E-state index in [2.05, 4.69) is 15.8 Å². The van der Waals surface area contributed by atoms with Gasteiger partial charge >= 0.3 is 0 Å². The summed E-state index contributed by atoms with van der Waals surface area (Å²) in [5, 5.41) is 8.10. The SMILES string of the molecule is CCOC1=CC(OCC)=NN(C2C(=O)Nc3c(F)cccc32)N1. The number of ether oxygens (including phenoxy) is 2. The summed E-state index contributed by atoms with van der Waals surface area (Å²) < 4.78 is 24.7. The minimum absolute atomic E-state index is 0.171. The fourth-order valence-electron chi connectivity index (χ4n) is 2.46. The van der Waals surface area contributed by atoms with Gasteiger partial charge in [0.15, 0.2) is 6.04 Å². The Kier molecular flexibility index (Phi) is 4.05. The number of benzene rings is 1. The number of para-hydroxylation sites is 1. The van der Waals surface area contributed by atoms with E-state index >= 15 is 0 Å². The molecule has 0 spiro atoms. The van der Waals surface area contributed by atoms with Gasteiger partial charge in [-0.1, -0.05) is 12.1 Å². The van der Waals surface area contributed by atoms with Crippen LogP contribution in [0.4, 0.5) is 10.1 Å². The lowest BCUT2D eigenvalue weighted by Crippen LogP contribution is -2.43. The lowest BCUT2D eigenvalue weighted by molar-refractivity contribution is -0.122. The third kappa shape index (κ3) is 2.79. The molecule has 1 aromatic rings. The molecule has 23 heavy (non-hydrogen) atoms. The van der Waals surface area contributed by atoms with E-state index in [0.29, 0.717) is 30.6 Å². The molecule has 1 atom stereocenters. The number of hydrazone groups is 1. The van der Waals surface area contributed by atoms with Crippen molar-refractivity contribution in [3.05, 3.63) is 41.5 Å². The standard InChI is InChI=1S/C15H17FN4O3/c1-3-22-11-8-12(23-4-2)19-20(18-11)14-9-6-5-7-10(16)13(9)17-15(14)21/h5-8,14,18H,3-4H2,1-2H3,(H,17,21). The van der Waals surface area contributed by atoms with Crippen LogP contribution < -0.4 is 10.7 Å². The van der Waals surface area contributed by atoms with Crippen molar-refractivity contribution in [2.24, 2.45) is 5.10 Å². The smallest absolute Gasteiger partial charge is 0.255 e. The van der Waals surface area contributed by atoms with Crippen LogP contribution in [-0.2, 0) is 14.3 Å². The number of carbonyl (C=O) groups excluding carboxylic acids is 1. The molecule has 0 saturated carbocycles. The number of rotatable bonds is 4. The molecular weight excluding hydrogens is 303 g/mol. The van der Waals surface area contributed by atoms with E-state index in [1.54, 1.807) is 18.2 Å². The minimum Gasteiger partial charge on any atom is -0.478 e. The Labute approximate surface area is 132 Å². The molecule has 1 amide bonds. The molecule has 0 fully saturated rings. The van der Waals surface area contributed by atoms with Gasteiger partial charge in [0.25, 0.3) is 5.91 Å². The van der Waals surface area contributed by atoms with Crippen LogP contribution in [-0.4, -0.2) is 30.1 Å². The number of anilines is 1. The number of hydrogen-bond acceptors (Lipinski definition) is 6. The Morgan fingerprint density at radius 3 is 2.83 bits per heavy atom. The number of nitrogens with zero attached hydrogens (tertiary/aromatic N) is 2. The van der Waals surface area contributed by atoms with Crippen molar-refractivity contribution in [1.29, 1.82) is 0 Å². The maximum Gasteiger partial charge on any atom is 0.255 e. The maximum atomic E-state index is 13.8. The van der Waals surface area contributed by atoms with Gasteiger partial charge in [-0.3, -0.25) is 10.2 Å². The third-order valence-electron chi connectivity index (χ3n) is 3.36. The number of amides is 1. The first kappa shape index (κ1) is 15.1. The Bertz CT molecular complexity index is 689. The molecule has 3 rings (SSSR count). The van der Waals surface area contributed by atoms with Crippen LogP contribution in [0.3, 0.4) is 0 Å². The molecule has 0 radical (unpaired) electrons. The van der Waals surface area contributed by atoms with Gasteiger partial charge in [-0.15, -0.1) is 5.10 Å². The van der Waals surface area contributed by atoms with Crippen LogP contribution in [0.5, 0.6) is 0 Å². The molecule has 2 aliphatic heterocycles. The van der Waals surface area contributed by atoms with Gasteiger partial charge in [-0.25, -0.2) is 4.39 Å². The van der Waals surface area contributed by atoms with E-state index in [0.717, 1.165) is 0 Å². The summed E-state index contributed by atoms with van der Waals surface area (Å²) >= 11 is 0. The van der Waals surface area contributed by atoms with Crippen LogP contribution in [0.25, 0.3) is 0 Å². The van der Waals surface area contributed by atoms with Crippen LogP contribution in [0.1, 0.15) is 25.5 Å². The second-order valence-corrected chi connectivity index (χ2v) is 4.87. The third-order valence-corrected chi connectivity index (χ3v) is 3.36. The van der Waals surface area contributed by atoms with E-state index in [9.17, 15) is 9.18 Å². The molecule has 1 aromatic carbocycles. The molecule has 0 saturated heterocycles. The van der Waals surface area contributed by atoms with Crippen molar-refractivity contribution in [2.75, 3.05) is 18.5 Å². The lowest BCUT2D eigenvalue weighted by atomic mass is 10.1. The van der Waals surface area contributed by atoms with Crippen molar-refractivity contribution in [3.8, 4) is 0 Å². The van der Waals surface area contributed by atoms with Crippen molar-refractivity contribution in [3.63, 3.8) is 0 Å². The number of hydrogen-bond donors (Lipinski definition) is 2. The first-order valence-corrected chi connectivity index (χ1v) is 7.35. The second-order valence-electron chi connectivity index (χ2n) is 4.87. The lowest BCUT2D eigenvalue weighted by Gasteiger charge is -2.29. The maximum absolute atomic E-state index is 13.8.